The van der Waals surface area contributed by atoms with E-state index in [0.717, 1.165) is 41.9 Å². The number of hydrogen-bond donors (Lipinski definition) is 0. The van der Waals surface area contributed by atoms with E-state index in [1.54, 1.807) is 16.7 Å². The molecule has 0 fully saturated rings. The Hall–Kier alpha value is -3.13. The number of hydrogen-bond acceptors (Lipinski definition) is 7. The average Bonchev–Trinajstić information content (AvgIpc) is 3.00. The highest BCUT2D eigenvalue weighted by atomic mass is 32.2. The number of thioether (sulfide) groups is 1. The lowest BCUT2D eigenvalue weighted by Crippen LogP contribution is -2.36. The van der Waals surface area contributed by atoms with E-state index in [0.29, 0.717) is 29.0 Å². The average molecular weight is 479 g/mol. The Balaban J connectivity index is 1.73. The molecule has 34 heavy (non-hydrogen) atoms. The molecule has 1 amide bonds. The minimum Gasteiger partial charge on any atom is -0.494 e. The van der Waals surface area contributed by atoms with E-state index in [2.05, 4.69) is 24.0 Å². The molecule has 1 aliphatic rings. The van der Waals surface area contributed by atoms with E-state index in [1.807, 2.05) is 48.5 Å². The van der Waals surface area contributed by atoms with Gasteiger partial charge in [-0.2, -0.15) is 4.98 Å². The van der Waals surface area contributed by atoms with Crippen molar-refractivity contribution >= 4 is 23.4 Å². The molecule has 0 bridgehead atoms. The number of rotatable bonds is 9. The van der Waals surface area contributed by atoms with Crippen LogP contribution in [-0.2, 0) is 4.79 Å². The van der Waals surface area contributed by atoms with Gasteiger partial charge >= 0.3 is 0 Å². The smallest absolute Gasteiger partial charge is 0.247 e. The number of nitrogens with zero attached hydrogens (tertiary/aromatic N) is 4. The van der Waals surface area contributed by atoms with E-state index < -0.39 is 6.23 Å². The first kappa shape index (κ1) is 24.0. The van der Waals surface area contributed by atoms with Gasteiger partial charge in [0.1, 0.15) is 5.75 Å². The van der Waals surface area contributed by atoms with Crippen molar-refractivity contribution in [2.75, 3.05) is 17.3 Å². The number of carbonyl (C=O) groups excluding carboxylic acids is 1. The van der Waals surface area contributed by atoms with Crippen molar-refractivity contribution < 1.29 is 14.3 Å². The molecule has 0 N–H and O–H groups in total. The normalized spacial score (nSPS) is 14.6. The summed E-state index contributed by atoms with van der Waals surface area (Å²) < 4.78 is 12.2. The summed E-state index contributed by atoms with van der Waals surface area (Å²) in [6.45, 7) is 6.44. The Morgan fingerprint density at radius 1 is 1.06 bits per heavy atom. The molecule has 2 heterocycles. The third-order valence-corrected chi connectivity index (χ3v) is 6.39. The second-order valence-corrected chi connectivity index (χ2v) is 9.16. The Morgan fingerprint density at radius 3 is 2.59 bits per heavy atom. The zero-order valence-electron chi connectivity index (χ0n) is 19.9. The Bertz CT molecular complexity index is 1120. The van der Waals surface area contributed by atoms with Gasteiger partial charge in [-0.15, -0.1) is 10.2 Å². The molecule has 1 aliphatic heterocycles. The van der Waals surface area contributed by atoms with Gasteiger partial charge in [-0.1, -0.05) is 56.7 Å². The molecule has 0 aliphatic carbocycles. The van der Waals surface area contributed by atoms with Gasteiger partial charge in [0.25, 0.3) is 0 Å². The first-order chi connectivity index (χ1) is 16.6. The molecule has 1 atom stereocenters. The van der Waals surface area contributed by atoms with Crippen molar-refractivity contribution in [3.05, 3.63) is 54.1 Å². The zero-order chi connectivity index (χ0) is 23.9. The molecule has 7 nitrogen and oxygen atoms in total. The summed E-state index contributed by atoms with van der Waals surface area (Å²) in [7, 11) is 0. The highest BCUT2D eigenvalue weighted by Gasteiger charge is 2.34. The van der Waals surface area contributed by atoms with Crippen LogP contribution in [0.25, 0.3) is 11.3 Å². The minimum absolute atomic E-state index is 0.140. The molecule has 1 aromatic heterocycles. The number of aromatic nitrogens is 3. The van der Waals surface area contributed by atoms with E-state index in [9.17, 15) is 4.79 Å². The molecule has 0 spiro atoms. The van der Waals surface area contributed by atoms with Crippen LogP contribution in [0.2, 0.25) is 0 Å². The van der Waals surface area contributed by atoms with Crippen LogP contribution in [-0.4, -0.2) is 33.4 Å². The van der Waals surface area contributed by atoms with Gasteiger partial charge in [-0.25, -0.2) is 0 Å². The van der Waals surface area contributed by atoms with Crippen molar-refractivity contribution in [2.24, 2.45) is 0 Å². The maximum Gasteiger partial charge on any atom is 0.247 e. The number of unbranched alkanes of at least 4 members (excludes halogenated alkanes) is 2. The second-order valence-electron chi connectivity index (χ2n) is 8.10. The first-order valence-corrected chi connectivity index (χ1v) is 12.8. The predicted octanol–water partition coefficient (Wildman–Crippen LogP) is 6.05. The fourth-order valence-electron chi connectivity index (χ4n) is 3.79. The van der Waals surface area contributed by atoms with Crippen LogP contribution in [0.5, 0.6) is 11.6 Å². The van der Waals surface area contributed by atoms with Crippen LogP contribution < -0.4 is 14.4 Å². The van der Waals surface area contributed by atoms with Crippen molar-refractivity contribution in [1.82, 2.24) is 15.2 Å². The number of fused-ring (bicyclic) bond motifs is 3. The molecule has 4 rings (SSSR count). The molecule has 178 valence electrons. The molecular formula is C26H30N4O3S. The summed E-state index contributed by atoms with van der Waals surface area (Å²) in [6.07, 6.45) is 3.66. The third kappa shape index (κ3) is 5.33. The van der Waals surface area contributed by atoms with Gasteiger partial charge in [-0.3, -0.25) is 9.69 Å². The monoisotopic (exact) mass is 478 g/mol. The SMILES string of the molecule is CCCCCSc1nnc2c(n1)OC(c1ccc(OCCC)cc1)N(C(C)=O)c1ccccc1-2. The van der Waals surface area contributed by atoms with E-state index in [4.69, 9.17) is 14.5 Å². The van der Waals surface area contributed by atoms with Crippen molar-refractivity contribution in [3.8, 4) is 22.9 Å². The molecule has 2 aromatic carbocycles. The fraction of sp³-hybridized carbons (Fsp3) is 0.385. The van der Waals surface area contributed by atoms with Gasteiger partial charge in [0.15, 0.2) is 5.69 Å². The van der Waals surface area contributed by atoms with Crippen LogP contribution in [0, 0.1) is 0 Å². The van der Waals surface area contributed by atoms with Gasteiger partial charge < -0.3 is 9.47 Å². The van der Waals surface area contributed by atoms with Crippen LogP contribution in [0.4, 0.5) is 5.69 Å². The summed E-state index contributed by atoms with van der Waals surface area (Å²) in [6, 6.07) is 15.3. The number of amides is 1. The van der Waals surface area contributed by atoms with E-state index >= 15 is 0 Å². The van der Waals surface area contributed by atoms with Gasteiger partial charge in [-0.05, 0) is 43.2 Å². The summed E-state index contributed by atoms with van der Waals surface area (Å²) in [5.41, 5.74) is 2.83. The Kier molecular flexibility index (Phi) is 8.00. The van der Waals surface area contributed by atoms with Gasteiger partial charge in [0.05, 0.1) is 12.3 Å². The predicted molar refractivity (Wildman–Crippen MR) is 134 cm³/mol. The Morgan fingerprint density at radius 2 is 1.85 bits per heavy atom. The van der Waals surface area contributed by atoms with Crippen molar-refractivity contribution in [3.63, 3.8) is 0 Å². The van der Waals surface area contributed by atoms with Crippen molar-refractivity contribution in [2.45, 2.75) is 57.8 Å². The summed E-state index contributed by atoms with van der Waals surface area (Å²) in [5, 5.41) is 9.39. The summed E-state index contributed by atoms with van der Waals surface area (Å²) in [4.78, 5) is 19.2. The lowest BCUT2D eigenvalue weighted by atomic mass is 10.1. The van der Waals surface area contributed by atoms with Gasteiger partial charge in [0.2, 0.25) is 23.2 Å². The lowest BCUT2D eigenvalue weighted by Gasteiger charge is -2.30. The quantitative estimate of drug-likeness (QED) is 0.273. The number of benzene rings is 2. The van der Waals surface area contributed by atoms with Crippen LogP contribution in [0.15, 0.2) is 53.7 Å². The number of para-hydroxylation sites is 1. The molecule has 0 saturated carbocycles. The van der Waals surface area contributed by atoms with Gasteiger partial charge in [0, 0.05) is 23.8 Å². The summed E-state index contributed by atoms with van der Waals surface area (Å²) in [5.74, 6) is 1.94. The maximum atomic E-state index is 12.9. The second kappa shape index (κ2) is 11.3. The number of ether oxygens (including phenoxy) is 2. The first-order valence-electron chi connectivity index (χ1n) is 11.8. The minimum atomic E-state index is -0.699. The zero-order valence-corrected chi connectivity index (χ0v) is 20.7. The summed E-state index contributed by atoms with van der Waals surface area (Å²) >= 11 is 1.57. The van der Waals surface area contributed by atoms with Crippen LogP contribution in [0.1, 0.15) is 58.2 Å². The van der Waals surface area contributed by atoms with Crippen LogP contribution in [0.3, 0.4) is 0 Å². The third-order valence-electron chi connectivity index (χ3n) is 5.47. The number of anilines is 1. The van der Waals surface area contributed by atoms with Crippen molar-refractivity contribution in [1.29, 1.82) is 0 Å². The molecule has 0 radical (unpaired) electrons. The van der Waals surface area contributed by atoms with E-state index in [1.165, 1.54) is 13.3 Å². The highest BCUT2D eigenvalue weighted by molar-refractivity contribution is 7.99. The Labute approximate surface area is 204 Å². The molecular weight excluding hydrogens is 448 g/mol. The molecule has 3 aromatic rings. The molecule has 1 unspecified atom stereocenters. The molecule has 0 saturated heterocycles. The van der Waals surface area contributed by atoms with E-state index in [-0.39, 0.29) is 5.91 Å². The fourth-order valence-corrected chi connectivity index (χ4v) is 4.57. The number of carbonyl (C=O) groups is 1. The van der Waals surface area contributed by atoms with Crippen LogP contribution >= 0.6 is 11.8 Å². The molecule has 8 heteroatoms. The maximum absolute atomic E-state index is 12.9. The standard InChI is InChI=1S/C26H30N4O3S/c1-4-6-9-17-34-26-27-24-23(28-29-26)21-10-7-8-11-22(21)30(18(3)31)25(33-24)19-12-14-20(15-13-19)32-16-5-2/h7-8,10-15,25H,4-6,9,16-17H2,1-3H3. The lowest BCUT2D eigenvalue weighted by molar-refractivity contribution is -0.118. The topological polar surface area (TPSA) is 77.4 Å². The largest absolute Gasteiger partial charge is 0.494 e. The highest BCUT2D eigenvalue weighted by Crippen LogP contribution is 2.43.